The second-order valence-electron chi connectivity index (χ2n) is 6.88. The van der Waals surface area contributed by atoms with Gasteiger partial charge in [0.2, 0.25) is 5.91 Å². The van der Waals surface area contributed by atoms with Crippen LogP contribution in [0.4, 0.5) is 5.69 Å². The van der Waals surface area contributed by atoms with Gasteiger partial charge in [0, 0.05) is 12.1 Å². The molecule has 0 radical (unpaired) electrons. The van der Waals surface area contributed by atoms with Gasteiger partial charge >= 0.3 is 0 Å². The van der Waals surface area contributed by atoms with Gasteiger partial charge in [-0.25, -0.2) is 0 Å². The molecule has 2 nitrogen and oxygen atoms in total. The third-order valence-corrected chi connectivity index (χ3v) is 4.88. The number of fused-ring (bicyclic) bond motifs is 1. The molecule has 2 aromatic carbocycles. The highest BCUT2D eigenvalue weighted by atomic mass is 16.1. The molecule has 0 spiro atoms. The van der Waals surface area contributed by atoms with Gasteiger partial charge in [0.15, 0.2) is 0 Å². The number of hydrogen-bond acceptors (Lipinski definition) is 1. The van der Waals surface area contributed by atoms with Crippen molar-refractivity contribution in [1.82, 2.24) is 0 Å². The summed E-state index contributed by atoms with van der Waals surface area (Å²) in [6.07, 6.45) is 2.75. The Morgan fingerprint density at radius 1 is 1.17 bits per heavy atom. The molecule has 0 aliphatic heterocycles. The van der Waals surface area contributed by atoms with Crippen molar-refractivity contribution in [3.05, 3.63) is 64.7 Å². The molecule has 3 rings (SSSR count). The van der Waals surface area contributed by atoms with Crippen LogP contribution in [0.3, 0.4) is 0 Å². The van der Waals surface area contributed by atoms with Crippen LogP contribution in [0.25, 0.3) is 0 Å². The number of para-hydroxylation sites is 1. The highest BCUT2D eigenvalue weighted by molar-refractivity contribution is 5.93. The van der Waals surface area contributed by atoms with E-state index in [1.54, 1.807) is 0 Å². The molecular weight excluding hydrogens is 282 g/mol. The lowest BCUT2D eigenvalue weighted by Gasteiger charge is -2.18. The van der Waals surface area contributed by atoms with E-state index in [-0.39, 0.29) is 5.91 Å². The topological polar surface area (TPSA) is 29.1 Å². The standard InChI is InChI=1S/C21H25NO/c1-14(2)18-10-6-7-15(3)21(18)22-20(23)13-17-12-11-16-8-4-5-9-19(16)17/h4-10,14,17H,11-13H2,1-3H3,(H,22,23). The summed E-state index contributed by atoms with van der Waals surface area (Å²) >= 11 is 0. The summed E-state index contributed by atoms with van der Waals surface area (Å²) in [5.74, 6) is 0.887. The quantitative estimate of drug-likeness (QED) is 0.828. The lowest BCUT2D eigenvalue weighted by Crippen LogP contribution is -2.17. The summed E-state index contributed by atoms with van der Waals surface area (Å²) in [5, 5.41) is 3.18. The number of carbonyl (C=O) groups excluding carboxylic acids is 1. The first-order valence-corrected chi connectivity index (χ1v) is 8.53. The van der Waals surface area contributed by atoms with Crippen molar-refractivity contribution in [2.45, 2.75) is 51.9 Å². The Morgan fingerprint density at radius 2 is 1.96 bits per heavy atom. The van der Waals surface area contributed by atoms with E-state index in [0.29, 0.717) is 18.3 Å². The second-order valence-corrected chi connectivity index (χ2v) is 6.88. The van der Waals surface area contributed by atoms with Crippen molar-refractivity contribution in [2.24, 2.45) is 0 Å². The summed E-state index contributed by atoms with van der Waals surface area (Å²) in [4.78, 5) is 12.6. The van der Waals surface area contributed by atoms with Crippen LogP contribution in [-0.2, 0) is 11.2 Å². The van der Waals surface area contributed by atoms with E-state index in [0.717, 1.165) is 24.1 Å². The molecule has 0 saturated carbocycles. The minimum atomic E-state index is 0.128. The first-order valence-electron chi connectivity index (χ1n) is 8.53. The Labute approximate surface area is 138 Å². The highest BCUT2D eigenvalue weighted by Gasteiger charge is 2.24. The van der Waals surface area contributed by atoms with Gasteiger partial charge in [0.05, 0.1) is 0 Å². The number of aryl methyl sites for hydroxylation is 2. The van der Waals surface area contributed by atoms with E-state index in [4.69, 9.17) is 0 Å². The first kappa shape index (κ1) is 15.8. The summed E-state index contributed by atoms with van der Waals surface area (Å²) < 4.78 is 0. The Kier molecular flexibility index (Phi) is 4.51. The monoisotopic (exact) mass is 307 g/mol. The molecule has 0 fully saturated rings. The lowest BCUT2D eigenvalue weighted by atomic mass is 9.96. The van der Waals surface area contributed by atoms with Crippen LogP contribution in [0, 0.1) is 6.92 Å². The van der Waals surface area contributed by atoms with Crippen LogP contribution >= 0.6 is 0 Å². The van der Waals surface area contributed by atoms with Gasteiger partial charge < -0.3 is 5.32 Å². The number of nitrogens with one attached hydrogen (secondary N) is 1. The number of carbonyl (C=O) groups is 1. The molecule has 1 aliphatic rings. The smallest absolute Gasteiger partial charge is 0.225 e. The molecule has 0 saturated heterocycles. The molecule has 1 unspecified atom stereocenters. The number of hydrogen-bond donors (Lipinski definition) is 1. The largest absolute Gasteiger partial charge is 0.326 e. The maximum Gasteiger partial charge on any atom is 0.225 e. The fraction of sp³-hybridized carbons (Fsp3) is 0.381. The molecule has 23 heavy (non-hydrogen) atoms. The number of rotatable bonds is 4. The van der Waals surface area contributed by atoms with E-state index in [9.17, 15) is 4.79 Å². The molecule has 1 atom stereocenters. The zero-order valence-electron chi connectivity index (χ0n) is 14.2. The molecule has 0 bridgehead atoms. The third-order valence-electron chi connectivity index (χ3n) is 4.88. The van der Waals surface area contributed by atoms with E-state index < -0.39 is 0 Å². The predicted octanol–water partition coefficient (Wildman–Crippen LogP) is 5.18. The molecular formula is C21H25NO. The van der Waals surface area contributed by atoms with Crippen LogP contribution in [0.5, 0.6) is 0 Å². The maximum atomic E-state index is 12.6. The van der Waals surface area contributed by atoms with Crippen molar-refractivity contribution in [2.75, 3.05) is 5.32 Å². The average molecular weight is 307 g/mol. The molecule has 0 heterocycles. The van der Waals surface area contributed by atoms with Gasteiger partial charge in [0.25, 0.3) is 0 Å². The van der Waals surface area contributed by atoms with E-state index in [1.165, 1.54) is 16.7 Å². The van der Waals surface area contributed by atoms with Crippen molar-refractivity contribution in [1.29, 1.82) is 0 Å². The average Bonchev–Trinajstić information content (AvgIpc) is 2.92. The van der Waals surface area contributed by atoms with Gasteiger partial charge in [-0.2, -0.15) is 0 Å². The van der Waals surface area contributed by atoms with Gasteiger partial charge in [-0.3, -0.25) is 4.79 Å². The van der Waals surface area contributed by atoms with Crippen molar-refractivity contribution >= 4 is 11.6 Å². The molecule has 1 N–H and O–H groups in total. The summed E-state index contributed by atoms with van der Waals surface area (Å²) in [6.45, 7) is 6.39. The lowest BCUT2D eigenvalue weighted by molar-refractivity contribution is -0.116. The van der Waals surface area contributed by atoms with Crippen LogP contribution in [0.2, 0.25) is 0 Å². The highest BCUT2D eigenvalue weighted by Crippen LogP contribution is 2.36. The molecule has 120 valence electrons. The van der Waals surface area contributed by atoms with Crippen molar-refractivity contribution in [3.63, 3.8) is 0 Å². The Hall–Kier alpha value is -2.09. The molecule has 2 aromatic rings. The normalized spacial score (nSPS) is 16.4. The van der Waals surface area contributed by atoms with Gasteiger partial charge in [0.1, 0.15) is 0 Å². The number of benzene rings is 2. The van der Waals surface area contributed by atoms with E-state index in [2.05, 4.69) is 68.6 Å². The fourth-order valence-electron chi connectivity index (χ4n) is 3.61. The van der Waals surface area contributed by atoms with Crippen molar-refractivity contribution in [3.8, 4) is 0 Å². The van der Waals surface area contributed by atoms with E-state index >= 15 is 0 Å². The molecule has 2 heteroatoms. The third kappa shape index (κ3) is 3.31. The SMILES string of the molecule is Cc1cccc(C(C)C)c1NC(=O)CC1CCc2ccccc21. The predicted molar refractivity (Wildman–Crippen MR) is 96.0 cm³/mol. The number of amides is 1. The Bertz CT molecular complexity index is 718. The fourth-order valence-corrected chi connectivity index (χ4v) is 3.61. The first-order chi connectivity index (χ1) is 11.1. The van der Waals surface area contributed by atoms with Gasteiger partial charge in [-0.05, 0) is 53.9 Å². The summed E-state index contributed by atoms with van der Waals surface area (Å²) in [5.41, 5.74) is 6.11. The van der Waals surface area contributed by atoms with Crippen LogP contribution in [-0.4, -0.2) is 5.91 Å². The zero-order chi connectivity index (χ0) is 16.4. The van der Waals surface area contributed by atoms with Crippen LogP contribution < -0.4 is 5.32 Å². The second kappa shape index (κ2) is 6.57. The minimum absolute atomic E-state index is 0.128. The van der Waals surface area contributed by atoms with Crippen LogP contribution in [0.15, 0.2) is 42.5 Å². The van der Waals surface area contributed by atoms with Crippen molar-refractivity contribution < 1.29 is 4.79 Å². The molecule has 0 aromatic heterocycles. The van der Waals surface area contributed by atoms with E-state index in [1.807, 2.05) is 0 Å². The van der Waals surface area contributed by atoms with Gasteiger partial charge in [-0.15, -0.1) is 0 Å². The Balaban J connectivity index is 1.74. The molecule has 1 aliphatic carbocycles. The van der Waals surface area contributed by atoms with Crippen LogP contribution in [0.1, 0.15) is 60.8 Å². The zero-order valence-corrected chi connectivity index (χ0v) is 14.2. The maximum absolute atomic E-state index is 12.6. The summed E-state index contributed by atoms with van der Waals surface area (Å²) in [7, 11) is 0. The Morgan fingerprint density at radius 3 is 2.74 bits per heavy atom. The minimum Gasteiger partial charge on any atom is -0.326 e. The molecule has 1 amide bonds. The number of anilines is 1. The van der Waals surface area contributed by atoms with Gasteiger partial charge in [-0.1, -0.05) is 56.3 Å². The summed E-state index contributed by atoms with van der Waals surface area (Å²) in [6, 6.07) is 14.8.